The van der Waals surface area contributed by atoms with E-state index >= 15 is 0 Å². The predicted molar refractivity (Wildman–Crippen MR) is 64.7 cm³/mol. The van der Waals surface area contributed by atoms with E-state index in [-0.39, 0.29) is 5.91 Å². The molecule has 1 amide bonds. The van der Waals surface area contributed by atoms with Gasteiger partial charge in [-0.25, -0.2) is 0 Å². The maximum absolute atomic E-state index is 11.5. The van der Waals surface area contributed by atoms with Crippen LogP contribution < -0.4 is 11.1 Å². The highest BCUT2D eigenvalue weighted by molar-refractivity contribution is 5.76. The SMILES string of the molecule is CCCC(CC)NC(=O)CCCCCN. The third-order valence-corrected chi connectivity index (χ3v) is 2.60. The monoisotopic (exact) mass is 214 g/mol. The van der Waals surface area contributed by atoms with Crippen molar-refractivity contribution in [3.8, 4) is 0 Å². The van der Waals surface area contributed by atoms with E-state index in [1.54, 1.807) is 0 Å². The lowest BCUT2D eigenvalue weighted by molar-refractivity contribution is -0.122. The zero-order valence-electron chi connectivity index (χ0n) is 10.2. The number of amides is 1. The van der Waals surface area contributed by atoms with Crippen LogP contribution in [0.3, 0.4) is 0 Å². The van der Waals surface area contributed by atoms with Gasteiger partial charge in [-0.05, 0) is 32.2 Å². The van der Waals surface area contributed by atoms with Crippen molar-refractivity contribution in [1.29, 1.82) is 0 Å². The molecule has 1 atom stereocenters. The van der Waals surface area contributed by atoms with Crippen LogP contribution in [0, 0.1) is 0 Å². The van der Waals surface area contributed by atoms with Crippen molar-refractivity contribution in [2.24, 2.45) is 5.73 Å². The van der Waals surface area contributed by atoms with Gasteiger partial charge in [0.15, 0.2) is 0 Å². The summed E-state index contributed by atoms with van der Waals surface area (Å²) in [7, 11) is 0. The molecule has 3 nitrogen and oxygen atoms in total. The summed E-state index contributed by atoms with van der Waals surface area (Å²) < 4.78 is 0. The van der Waals surface area contributed by atoms with E-state index in [1.165, 1.54) is 0 Å². The first-order valence-corrected chi connectivity index (χ1v) is 6.24. The predicted octanol–water partition coefficient (Wildman–Crippen LogP) is 2.20. The van der Waals surface area contributed by atoms with E-state index in [0.717, 1.165) is 45.1 Å². The molecule has 0 bridgehead atoms. The Morgan fingerprint density at radius 3 is 2.53 bits per heavy atom. The van der Waals surface area contributed by atoms with Gasteiger partial charge >= 0.3 is 0 Å². The van der Waals surface area contributed by atoms with E-state index in [9.17, 15) is 4.79 Å². The first-order chi connectivity index (χ1) is 7.24. The van der Waals surface area contributed by atoms with Crippen LogP contribution in [0.5, 0.6) is 0 Å². The summed E-state index contributed by atoms with van der Waals surface area (Å²) in [6.07, 6.45) is 6.96. The second kappa shape index (κ2) is 9.97. The van der Waals surface area contributed by atoms with Crippen LogP contribution in [0.4, 0.5) is 0 Å². The number of unbranched alkanes of at least 4 members (excludes halogenated alkanes) is 2. The van der Waals surface area contributed by atoms with Gasteiger partial charge in [0, 0.05) is 12.5 Å². The summed E-state index contributed by atoms with van der Waals surface area (Å²) in [4.78, 5) is 11.5. The third kappa shape index (κ3) is 8.43. The molecular formula is C12H26N2O. The Hall–Kier alpha value is -0.570. The lowest BCUT2D eigenvalue weighted by Gasteiger charge is -2.15. The quantitative estimate of drug-likeness (QED) is 0.578. The number of hydrogen-bond acceptors (Lipinski definition) is 2. The molecule has 0 aromatic heterocycles. The zero-order valence-corrected chi connectivity index (χ0v) is 10.2. The van der Waals surface area contributed by atoms with Crippen LogP contribution in [0.15, 0.2) is 0 Å². The molecule has 0 heterocycles. The van der Waals surface area contributed by atoms with Crippen molar-refractivity contribution in [2.45, 2.75) is 64.8 Å². The molecule has 0 aromatic rings. The number of nitrogens with one attached hydrogen (secondary N) is 1. The molecule has 0 saturated carbocycles. The van der Waals surface area contributed by atoms with Crippen LogP contribution in [-0.2, 0) is 4.79 Å². The van der Waals surface area contributed by atoms with Crippen molar-refractivity contribution in [3.63, 3.8) is 0 Å². The molecule has 0 fully saturated rings. The van der Waals surface area contributed by atoms with Gasteiger partial charge in [0.25, 0.3) is 0 Å². The smallest absolute Gasteiger partial charge is 0.220 e. The Morgan fingerprint density at radius 1 is 1.27 bits per heavy atom. The Morgan fingerprint density at radius 2 is 2.00 bits per heavy atom. The molecule has 0 radical (unpaired) electrons. The molecule has 0 aromatic carbocycles. The molecule has 0 spiro atoms. The molecule has 0 rings (SSSR count). The number of carbonyl (C=O) groups excluding carboxylic acids is 1. The van der Waals surface area contributed by atoms with Gasteiger partial charge < -0.3 is 11.1 Å². The van der Waals surface area contributed by atoms with E-state index in [2.05, 4.69) is 19.2 Å². The molecule has 15 heavy (non-hydrogen) atoms. The molecule has 0 aliphatic carbocycles. The highest BCUT2D eigenvalue weighted by Gasteiger charge is 2.08. The summed E-state index contributed by atoms with van der Waals surface area (Å²) in [6.45, 7) is 5.00. The fourth-order valence-electron chi connectivity index (χ4n) is 1.63. The number of carbonyl (C=O) groups is 1. The van der Waals surface area contributed by atoms with E-state index in [0.29, 0.717) is 12.5 Å². The Bertz CT molecular complexity index is 160. The molecule has 0 aliphatic heterocycles. The van der Waals surface area contributed by atoms with Crippen molar-refractivity contribution in [2.75, 3.05) is 6.54 Å². The van der Waals surface area contributed by atoms with Gasteiger partial charge in [-0.15, -0.1) is 0 Å². The summed E-state index contributed by atoms with van der Waals surface area (Å²) in [5, 5.41) is 3.07. The highest BCUT2D eigenvalue weighted by Crippen LogP contribution is 2.03. The number of nitrogens with two attached hydrogens (primary N) is 1. The summed E-state index contributed by atoms with van der Waals surface area (Å²) in [5.41, 5.74) is 5.39. The van der Waals surface area contributed by atoms with Crippen LogP contribution in [-0.4, -0.2) is 18.5 Å². The average Bonchev–Trinajstić information content (AvgIpc) is 2.24. The summed E-state index contributed by atoms with van der Waals surface area (Å²) in [6, 6.07) is 0.372. The lowest BCUT2D eigenvalue weighted by Crippen LogP contribution is -2.34. The van der Waals surface area contributed by atoms with Gasteiger partial charge in [0.05, 0.1) is 0 Å². The highest BCUT2D eigenvalue weighted by atomic mass is 16.1. The third-order valence-electron chi connectivity index (χ3n) is 2.60. The maximum Gasteiger partial charge on any atom is 0.220 e. The Kier molecular flexibility index (Phi) is 9.59. The minimum atomic E-state index is 0.201. The largest absolute Gasteiger partial charge is 0.353 e. The molecule has 3 N–H and O–H groups in total. The second-order valence-electron chi connectivity index (χ2n) is 4.06. The standard InChI is InChI=1S/C12H26N2O/c1-3-8-11(4-2)14-12(15)9-6-5-7-10-13/h11H,3-10,13H2,1-2H3,(H,14,15). The van der Waals surface area contributed by atoms with Gasteiger partial charge in [0.1, 0.15) is 0 Å². The minimum absolute atomic E-state index is 0.201. The Balaban J connectivity index is 3.52. The van der Waals surface area contributed by atoms with E-state index in [4.69, 9.17) is 5.73 Å². The van der Waals surface area contributed by atoms with E-state index < -0.39 is 0 Å². The fraction of sp³-hybridized carbons (Fsp3) is 0.917. The Labute approximate surface area is 93.8 Å². The molecule has 0 aliphatic rings. The molecular weight excluding hydrogens is 188 g/mol. The van der Waals surface area contributed by atoms with Gasteiger partial charge in [-0.3, -0.25) is 4.79 Å². The lowest BCUT2D eigenvalue weighted by atomic mass is 10.1. The first-order valence-electron chi connectivity index (χ1n) is 6.24. The molecule has 0 saturated heterocycles. The second-order valence-corrected chi connectivity index (χ2v) is 4.06. The zero-order chi connectivity index (χ0) is 11.5. The van der Waals surface area contributed by atoms with Gasteiger partial charge in [-0.2, -0.15) is 0 Å². The summed E-state index contributed by atoms with van der Waals surface area (Å²) >= 11 is 0. The van der Waals surface area contributed by atoms with Crippen LogP contribution in [0.25, 0.3) is 0 Å². The van der Waals surface area contributed by atoms with Crippen molar-refractivity contribution in [1.82, 2.24) is 5.32 Å². The van der Waals surface area contributed by atoms with Gasteiger partial charge in [0.2, 0.25) is 5.91 Å². The van der Waals surface area contributed by atoms with Crippen LogP contribution >= 0.6 is 0 Å². The summed E-state index contributed by atoms with van der Waals surface area (Å²) in [5.74, 6) is 0.201. The average molecular weight is 214 g/mol. The number of rotatable bonds is 9. The minimum Gasteiger partial charge on any atom is -0.353 e. The van der Waals surface area contributed by atoms with Gasteiger partial charge in [-0.1, -0.05) is 26.7 Å². The fourth-order valence-corrected chi connectivity index (χ4v) is 1.63. The number of hydrogen-bond donors (Lipinski definition) is 2. The molecule has 90 valence electrons. The van der Waals surface area contributed by atoms with Crippen molar-refractivity contribution in [3.05, 3.63) is 0 Å². The van der Waals surface area contributed by atoms with Crippen molar-refractivity contribution < 1.29 is 4.79 Å². The van der Waals surface area contributed by atoms with E-state index in [1.807, 2.05) is 0 Å². The normalized spacial score (nSPS) is 12.5. The molecule has 3 heteroatoms. The molecule has 1 unspecified atom stereocenters. The first kappa shape index (κ1) is 14.4. The van der Waals surface area contributed by atoms with Crippen LogP contribution in [0.2, 0.25) is 0 Å². The maximum atomic E-state index is 11.5. The van der Waals surface area contributed by atoms with Crippen molar-refractivity contribution >= 4 is 5.91 Å². The topological polar surface area (TPSA) is 55.1 Å². The van der Waals surface area contributed by atoms with Crippen LogP contribution in [0.1, 0.15) is 58.8 Å².